The summed E-state index contributed by atoms with van der Waals surface area (Å²) in [6.07, 6.45) is 4.91. The van der Waals surface area contributed by atoms with Gasteiger partial charge in [0.15, 0.2) is 0 Å². The van der Waals surface area contributed by atoms with Gasteiger partial charge in [0.2, 0.25) is 0 Å². The maximum absolute atomic E-state index is 6.13. The van der Waals surface area contributed by atoms with Gasteiger partial charge < -0.3 is 10.1 Å². The maximum Gasteiger partial charge on any atom is 0.125 e. The van der Waals surface area contributed by atoms with Crippen molar-refractivity contribution in [3.8, 4) is 5.75 Å². The number of nitrogens with one attached hydrogen (secondary N) is 1. The molecule has 1 heterocycles. The lowest BCUT2D eigenvalue weighted by Crippen LogP contribution is -2.29. The minimum absolute atomic E-state index is 0.794. The van der Waals surface area contributed by atoms with Crippen LogP contribution in [0.15, 0.2) is 12.1 Å². The molecule has 0 saturated carbocycles. The zero-order chi connectivity index (χ0) is 13.0. The molecule has 1 fully saturated rings. The van der Waals surface area contributed by atoms with Crippen LogP contribution in [-0.4, -0.2) is 20.2 Å². The molecule has 2 rings (SSSR count). The number of hydrogen-bond acceptors (Lipinski definition) is 2. The van der Waals surface area contributed by atoms with Crippen LogP contribution in [0.1, 0.15) is 30.4 Å². The van der Waals surface area contributed by atoms with E-state index in [9.17, 15) is 0 Å². The van der Waals surface area contributed by atoms with Gasteiger partial charge in [-0.15, -0.1) is 0 Å². The number of aryl methyl sites for hydroxylation is 2. The fourth-order valence-corrected chi connectivity index (χ4v) is 3.10. The first-order chi connectivity index (χ1) is 8.70. The molecule has 0 radical (unpaired) electrons. The number of halogens is 1. The highest BCUT2D eigenvalue weighted by molar-refractivity contribution is 6.30. The predicted octanol–water partition coefficient (Wildman–Crippen LogP) is 3.59. The van der Waals surface area contributed by atoms with Gasteiger partial charge in [-0.1, -0.05) is 11.6 Å². The minimum atomic E-state index is 0.794. The van der Waals surface area contributed by atoms with Crippen molar-refractivity contribution in [1.29, 1.82) is 0 Å². The highest BCUT2D eigenvalue weighted by Crippen LogP contribution is 2.30. The van der Waals surface area contributed by atoms with Crippen molar-refractivity contribution in [3.63, 3.8) is 0 Å². The molecule has 0 bridgehead atoms. The van der Waals surface area contributed by atoms with E-state index in [4.69, 9.17) is 16.3 Å². The van der Waals surface area contributed by atoms with Crippen LogP contribution in [0.2, 0.25) is 5.02 Å². The molecule has 18 heavy (non-hydrogen) atoms. The average Bonchev–Trinajstić information content (AvgIpc) is 2.37. The Morgan fingerprint density at radius 1 is 1.44 bits per heavy atom. The second kappa shape index (κ2) is 6.44. The Balaban J connectivity index is 2.03. The van der Waals surface area contributed by atoms with Gasteiger partial charge in [0.05, 0.1) is 7.11 Å². The molecule has 100 valence electrons. The molecule has 0 amide bonds. The molecule has 1 atom stereocenters. The van der Waals surface area contributed by atoms with Crippen molar-refractivity contribution in [3.05, 3.63) is 28.3 Å². The van der Waals surface area contributed by atoms with Gasteiger partial charge >= 0.3 is 0 Å². The van der Waals surface area contributed by atoms with Gasteiger partial charge in [0.25, 0.3) is 0 Å². The molecule has 0 aliphatic carbocycles. The quantitative estimate of drug-likeness (QED) is 0.900. The average molecular weight is 268 g/mol. The van der Waals surface area contributed by atoms with Gasteiger partial charge in [-0.2, -0.15) is 0 Å². The molecule has 0 spiro atoms. The standard InChI is InChI=1S/C15H22ClNO/c1-11-8-14(16)9-13(15(11)18-2)6-5-12-4-3-7-17-10-12/h8-9,12,17H,3-7,10H2,1-2H3. The molecule has 1 aliphatic heterocycles. The molecule has 1 aliphatic rings. The zero-order valence-electron chi connectivity index (χ0n) is 11.3. The number of benzene rings is 1. The molecule has 2 nitrogen and oxygen atoms in total. The van der Waals surface area contributed by atoms with Crippen molar-refractivity contribution in [1.82, 2.24) is 5.32 Å². The van der Waals surface area contributed by atoms with E-state index in [2.05, 4.69) is 12.2 Å². The predicted molar refractivity (Wildman–Crippen MR) is 76.7 cm³/mol. The summed E-state index contributed by atoms with van der Waals surface area (Å²) in [7, 11) is 1.74. The van der Waals surface area contributed by atoms with E-state index >= 15 is 0 Å². The van der Waals surface area contributed by atoms with Crippen LogP contribution in [-0.2, 0) is 6.42 Å². The van der Waals surface area contributed by atoms with Gasteiger partial charge in [-0.05, 0) is 74.9 Å². The topological polar surface area (TPSA) is 21.3 Å². The first-order valence-electron chi connectivity index (χ1n) is 6.74. The van der Waals surface area contributed by atoms with Crippen LogP contribution in [0.25, 0.3) is 0 Å². The van der Waals surface area contributed by atoms with Crippen molar-refractivity contribution < 1.29 is 4.74 Å². The van der Waals surface area contributed by atoms with Gasteiger partial charge in [0, 0.05) is 5.02 Å². The Hall–Kier alpha value is -0.730. The fraction of sp³-hybridized carbons (Fsp3) is 0.600. The van der Waals surface area contributed by atoms with E-state index in [1.807, 2.05) is 12.1 Å². The Kier molecular flexibility index (Phi) is 4.90. The number of methoxy groups -OCH3 is 1. The van der Waals surface area contributed by atoms with Gasteiger partial charge in [-0.25, -0.2) is 0 Å². The molecule has 1 saturated heterocycles. The third-order valence-electron chi connectivity index (χ3n) is 3.74. The number of rotatable bonds is 4. The third-order valence-corrected chi connectivity index (χ3v) is 3.96. The van der Waals surface area contributed by atoms with Crippen molar-refractivity contribution >= 4 is 11.6 Å². The SMILES string of the molecule is COc1c(C)cc(Cl)cc1CCC1CCCNC1. The number of piperidine rings is 1. The number of ether oxygens (including phenoxy) is 1. The van der Waals surface area contributed by atoms with Crippen LogP contribution in [0.4, 0.5) is 0 Å². The third kappa shape index (κ3) is 3.39. The van der Waals surface area contributed by atoms with Crippen LogP contribution in [0.3, 0.4) is 0 Å². The Bertz CT molecular complexity index is 400. The minimum Gasteiger partial charge on any atom is -0.496 e. The molecule has 3 heteroatoms. The molecule has 0 aromatic heterocycles. The van der Waals surface area contributed by atoms with Crippen LogP contribution < -0.4 is 10.1 Å². The Morgan fingerprint density at radius 2 is 2.28 bits per heavy atom. The van der Waals surface area contributed by atoms with Crippen LogP contribution >= 0.6 is 11.6 Å². The first kappa shape index (κ1) is 13.7. The fourth-order valence-electron chi connectivity index (χ4n) is 2.81. The summed E-state index contributed by atoms with van der Waals surface area (Å²) >= 11 is 6.13. The summed E-state index contributed by atoms with van der Waals surface area (Å²) in [6, 6.07) is 4.01. The normalized spacial score (nSPS) is 19.8. The summed E-state index contributed by atoms with van der Waals surface area (Å²) in [6.45, 7) is 4.38. The first-order valence-corrected chi connectivity index (χ1v) is 7.12. The van der Waals surface area contributed by atoms with E-state index in [0.717, 1.165) is 35.2 Å². The monoisotopic (exact) mass is 267 g/mol. The van der Waals surface area contributed by atoms with E-state index in [1.165, 1.54) is 31.4 Å². The van der Waals surface area contributed by atoms with Gasteiger partial charge in [0.1, 0.15) is 5.75 Å². The van der Waals surface area contributed by atoms with E-state index in [1.54, 1.807) is 7.11 Å². The maximum atomic E-state index is 6.13. The van der Waals surface area contributed by atoms with Crippen LogP contribution in [0.5, 0.6) is 5.75 Å². The summed E-state index contributed by atoms with van der Waals surface area (Å²) in [5.74, 6) is 1.80. The lowest BCUT2D eigenvalue weighted by atomic mass is 9.92. The van der Waals surface area contributed by atoms with Crippen molar-refractivity contribution in [2.24, 2.45) is 5.92 Å². The molecule has 1 aromatic carbocycles. The summed E-state index contributed by atoms with van der Waals surface area (Å²) < 4.78 is 5.50. The second-order valence-electron chi connectivity index (χ2n) is 5.17. The van der Waals surface area contributed by atoms with E-state index in [-0.39, 0.29) is 0 Å². The smallest absolute Gasteiger partial charge is 0.125 e. The zero-order valence-corrected chi connectivity index (χ0v) is 12.0. The van der Waals surface area contributed by atoms with Crippen molar-refractivity contribution in [2.75, 3.05) is 20.2 Å². The Morgan fingerprint density at radius 3 is 2.94 bits per heavy atom. The summed E-state index contributed by atoms with van der Waals surface area (Å²) in [5.41, 5.74) is 2.37. The van der Waals surface area contributed by atoms with Gasteiger partial charge in [-0.3, -0.25) is 0 Å². The second-order valence-corrected chi connectivity index (χ2v) is 5.60. The Labute approximate surface area is 115 Å². The lowest BCUT2D eigenvalue weighted by Gasteiger charge is -2.23. The highest BCUT2D eigenvalue weighted by Gasteiger charge is 2.15. The van der Waals surface area contributed by atoms with E-state index < -0.39 is 0 Å². The lowest BCUT2D eigenvalue weighted by molar-refractivity contribution is 0.354. The number of hydrogen-bond donors (Lipinski definition) is 1. The molecule has 1 N–H and O–H groups in total. The molecule has 1 unspecified atom stereocenters. The highest BCUT2D eigenvalue weighted by atomic mass is 35.5. The largest absolute Gasteiger partial charge is 0.496 e. The van der Waals surface area contributed by atoms with E-state index in [0.29, 0.717) is 0 Å². The summed E-state index contributed by atoms with van der Waals surface area (Å²) in [4.78, 5) is 0. The van der Waals surface area contributed by atoms with Crippen molar-refractivity contribution in [2.45, 2.75) is 32.6 Å². The molecule has 1 aromatic rings. The molecular formula is C15H22ClNO. The molecular weight excluding hydrogens is 246 g/mol. The summed E-state index contributed by atoms with van der Waals surface area (Å²) in [5, 5.41) is 4.28. The van der Waals surface area contributed by atoms with Crippen LogP contribution in [0, 0.1) is 12.8 Å².